The Kier molecular flexibility index (Phi) is 8.30. The van der Waals surface area contributed by atoms with E-state index in [9.17, 15) is 0 Å². The molecule has 0 saturated heterocycles. The smallest absolute Gasteiger partial charge is 0.158 e. The summed E-state index contributed by atoms with van der Waals surface area (Å²) in [7, 11) is 0. The number of fused-ring (bicyclic) bond motifs is 1. The van der Waals surface area contributed by atoms with Crippen molar-refractivity contribution in [3.05, 3.63) is 66.1 Å². The predicted octanol–water partition coefficient (Wildman–Crippen LogP) is 6.09. The number of nitrogens with one attached hydrogen (secondary N) is 2. The van der Waals surface area contributed by atoms with Crippen molar-refractivity contribution in [2.75, 3.05) is 37.0 Å². The Labute approximate surface area is 216 Å². The van der Waals surface area contributed by atoms with Crippen LogP contribution in [0.15, 0.2) is 61.1 Å². The van der Waals surface area contributed by atoms with Crippen molar-refractivity contribution in [3.63, 3.8) is 0 Å². The van der Waals surface area contributed by atoms with Crippen LogP contribution in [0.1, 0.15) is 20.8 Å². The van der Waals surface area contributed by atoms with Crippen LogP contribution in [-0.2, 0) is 11.3 Å². The summed E-state index contributed by atoms with van der Waals surface area (Å²) in [5.41, 5.74) is 3.63. The molecule has 190 valence electrons. The van der Waals surface area contributed by atoms with Crippen molar-refractivity contribution < 1.29 is 14.6 Å². The van der Waals surface area contributed by atoms with Gasteiger partial charge in [0.1, 0.15) is 23.3 Å². The van der Waals surface area contributed by atoms with Crippen LogP contribution in [0.5, 0.6) is 11.5 Å². The van der Waals surface area contributed by atoms with E-state index in [0.717, 1.165) is 29.0 Å². The number of hydrogen-bond acceptors (Lipinski definition) is 7. The van der Waals surface area contributed by atoms with Gasteiger partial charge in [-0.05, 0) is 41.8 Å². The van der Waals surface area contributed by atoms with Crippen molar-refractivity contribution >= 4 is 39.8 Å². The SMILES string of the molecule is CC(C)(C)CNc1cccc(Oc2ccc(Nc3ncnc4ccn(CCOCCO)c34)cc2Cl)c1. The second-order valence-corrected chi connectivity index (χ2v) is 10.0. The molecule has 0 aliphatic rings. The number of rotatable bonds is 11. The van der Waals surface area contributed by atoms with Gasteiger partial charge in [-0.1, -0.05) is 38.4 Å². The van der Waals surface area contributed by atoms with Crippen LogP contribution in [0.3, 0.4) is 0 Å². The molecule has 4 aromatic rings. The van der Waals surface area contributed by atoms with Crippen molar-refractivity contribution in [2.45, 2.75) is 27.3 Å². The molecule has 9 heteroatoms. The first-order valence-electron chi connectivity index (χ1n) is 11.9. The molecule has 0 saturated carbocycles. The van der Waals surface area contributed by atoms with Crippen LogP contribution in [0.25, 0.3) is 11.0 Å². The fourth-order valence-corrected chi connectivity index (χ4v) is 3.82. The third-order valence-electron chi connectivity index (χ3n) is 5.34. The van der Waals surface area contributed by atoms with E-state index < -0.39 is 0 Å². The molecule has 0 fully saturated rings. The van der Waals surface area contributed by atoms with E-state index in [4.69, 9.17) is 26.2 Å². The number of aliphatic hydroxyl groups is 1. The highest BCUT2D eigenvalue weighted by Gasteiger charge is 2.12. The summed E-state index contributed by atoms with van der Waals surface area (Å²) >= 11 is 6.58. The average molecular weight is 510 g/mol. The lowest BCUT2D eigenvalue weighted by Crippen LogP contribution is -2.18. The molecule has 4 rings (SSSR count). The Balaban J connectivity index is 1.47. The van der Waals surface area contributed by atoms with E-state index in [-0.39, 0.29) is 12.0 Å². The van der Waals surface area contributed by atoms with Gasteiger partial charge < -0.3 is 29.8 Å². The van der Waals surface area contributed by atoms with Gasteiger partial charge in [0.25, 0.3) is 0 Å². The van der Waals surface area contributed by atoms with Gasteiger partial charge in [-0.15, -0.1) is 0 Å². The van der Waals surface area contributed by atoms with Crippen LogP contribution < -0.4 is 15.4 Å². The van der Waals surface area contributed by atoms with Gasteiger partial charge >= 0.3 is 0 Å². The maximum Gasteiger partial charge on any atom is 0.158 e. The molecule has 8 nitrogen and oxygen atoms in total. The number of nitrogens with zero attached hydrogens (tertiary/aromatic N) is 3. The first-order chi connectivity index (χ1) is 17.3. The molecule has 0 spiro atoms. The van der Waals surface area contributed by atoms with Crippen molar-refractivity contribution in [1.82, 2.24) is 14.5 Å². The molecule has 0 bridgehead atoms. The number of aromatic nitrogens is 3. The van der Waals surface area contributed by atoms with Crippen molar-refractivity contribution in [1.29, 1.82) is 0 Å². The molecule has 0 atom stereocenters. The molecule has 0 amide bonds. The van der Waals surface area contributed by atoms with E-state index >= 15 is 0 Å². The summed E-state index contributed by atoms with van der Waals surface area (Å²) in [6.07, 6.45) is 3.47. The number of ether oxygens (including phenoxy) is 2. The standard InChI is InChI=1S/C27H32ClN5O3/c1-27(2,3)17-29-19-5-4-6-21(15-19)36-24-8-7-20(16-22(24)28)32-26-25-23(30-18-31-26)9-10-33(25)11-13-35-14-12-34/h4-10,15-16,18,29,34H,11-14,17H2,1-3H3,(H,30,31,32). The molecular weight excluding hydrogens is 478 g/mol. The van der Waals surface area contributed by atoms with Gasteiger partial charge in [-0.25, -0.2) is 9.97 Å². The van der Waals surface area contributed by atoms with Gasteiger partial charge in [0.15, 0.2) is 5.82 Å². The van der Waals surface area contributed by atoms with E-state index in [0.29, 0.717) is 42.1 Å². The van der Waals surface area contributed by atoms with Crippen molar-refractivity contribution in [2.24, 2.45) is 5.41 Å². The largest absolute Gasteiger partial charge is 0.456 e. The molecule has 0 radical (unpaired) electrons. The maximum absolute atomic E-state index is 8.90. The summed E-state index contributed by atoms with van der Waals surface area (Å²) in [5, 5.41) is 16.2. The average Bonchev–Trinajstić information content (AvgIpc) is 3.26. The van der Waals surface area contributed by atoms with Gasteiger partial charge in [0.2, 0.25) is 0 Å². The predicted molar refractivity (Wildman–Crippen MR) is 145 cm³/mol. The number of hydrogen-bond donors (Lipinski definition) is 3. The van der Waals surface area contributed by atoms with Crippen LogP contribution in [-0.4, -0.2) is 46.0 Å². The number of halogens is 1. The van der Waals surface area contributed by atoms with Crippen molar-refractivity contribution in [3.8, 4) is 11.5 Å². The maximum atomic E-state index is 8.90. The zero-order chi connectivity index (χ0) is 25.5. The van der Waals surface area contributed by atoms with E-state index in [1.807, 2.05) is 59.3 Å². The minimum absolute atomic E-state index is 0.00232. The van der Waals surface area contributed by atoms with Gasteiger partial charge in [-0.2, -0.15) is 0 Å². The Hall–Kier alpha value is -3.33. The fraction of sp³-hybridized carbons (Fsp3) is 0.333. The van der Waals surface area contributed by atoms with Crippen LogP contribution in [0.2, 0.25) is 5.02 Å². The summed E-state index contributed by atoms with van der Waals surface area (Å²) in [5.74, 6) is 1.93. The fourth-order valence-electron chi connectivity index (χ4n) is 3.60. The summed E-state index contributed by atoms with van der Waals surface area (Å²) < 4.78 is 13.5. The number of benzene rings is 2. The Morgan fingerprint density at radius 3 is 2.67 bits per heavy atom. The molecule has 0 aliphatic carbocycles. The second-order valence-electron chi connectivity index (χ2n) is 9.62. The highest BCUT2D eigenvalue weighted by molar-refractivity contribution is 6.32. The van der Waals surface area contributed by atoms with E-state index in [2.05, 4.69) is 41.4 Å². The summed E-state index contributed by atoms with van der Waals surface area (Å²) in [6, 6.07) is 15.3. The first kappa shape index (κ1) is 25.8. The lowest BCUT2D eigenvalue weighted by atomic mass is 9.97. The minimum Gasteiger partial charge on any atom is -0.456 e. The van der Waals surface area contributed by atoms with Gasteiger partial charge in [0, 0.05) is 36.7 Å². The Morgan fingerprint density at radius 2 is 1.89 bits per heavy atom. The molecule has 0 unspecified atom stereocenters. The zero-order valence-electron chi connectivity index (χ0n) is 20.8. The molecule has 0 aliphatic heterocycles. The normalized spacial score (nSPS) is 11.6. The van der Waals surface area contributed by atoms with E-state index in [1.165, 1.54) is 6.33 Å². The highest BCUT2D eigenvalue weighted by Crippen LogP contribution is 2.34. The summed E-state index contributed by atoms with van der Waals surface area (Å²) in [4.78, 5) is 8.80. The summed E-state index contributed by atoms with van der Waals surface area (Å²) in [6.45, 7) is 8.82. The quantitative estimate of drug-likeness (QED) is 0.211. The number of anilines is 3. The lowest BCUT2D eigenvalue weighted by molar-refractivity contribution is 0.0875. The number of aliphatic hydroxyl groups excluding tert-OH is 1. The molecule has 3 N–H and O–H groups in total. The molecular formula is C27H32ClN5O3. The highest BCUT2D eigenvalue weighted by atomic mass is 35.5. The molecule has 36 heavy (non-hydrogen) atoms. The lowest BCUT2D eigenvalue weighted by Gasteiger charge is -2.20. The van der Waals surface area contributed by atoms with Crippen LogP contribution in [0, 0.1) is 5.41 Å². The monoisotopic (exact) mass is 509 g/mol. The van der Waals surface area contributed by atoms with Gasteiger partial charge in [-0.3, -0.25) is 0 Å². The minimum atomic E-state index is 0.00232. The Bertz CT molecular complexity index is 1300. The molecule has 2 aromatic heterocycles. The second kappa shape index (κ2) is 11.6. The van der Waals surface area contributed by atoms with E-state index in [1.54, 1.807) is 0 Å². The van der Waals surface area contributed by atoms with Crippen LogP contribution >= 0.6 is 11.6 Å². The van der Waals surface area contributed by atoms with Gasteiger partial charge in [0.05, 0.1) is 30.4 Å². The topological polar surface area (TPSA) is 93.5 Å². The van der Waals surface area contributed by atoms with Crippen LogP contribution in [0.4, 0.5) is 17.2 Å². The third-order valence-corrected chi connectivity index (χ3v) is 5.64. The Morgan fingerprint density at radius 1 is 1.03 bits per heavy atom. The first-order valence-corrected chi connectivity index (χ1v) is 12.3. The molecule has 2 heterocycles. The molecule has 2 aromatic carbocycles. The zero-order valence-corrected chi connectivity index (χ0v) is 21.5. The third kappa shape index (κ3) is 6.87.